The van der Waals surface area contributed by atoms with E-state index in [0.717, 1.165) is 25.2 Å². The predicted octanol–water partition coefficient (Wildman–Crippen LogP) is 1.75. The topological polar surface area (TPSA) is 35.5 Å². The van der Waals surface area contributed by atoms with Crippen LogP contribution in [0.2, 0.25) is 0 Å². The van der Waals surface area contributed by atoms with Gasteiger partial charge in [-0.05, 0) is 38.0 Å². The number of fused-ring (bicyclic) bond motifs is 3. The summed E-state index contributed by atoms with van der Waals surface area (Å²) >= 11 is 0. The van der Waals surface area contributed by atoms with Gasteiger partial charge in [0, 0.05) is 7.11 Å². The van der Waals surface area contributed by atoms with E-state index >= 15 is 0 Å². The fraction of sp³-hybridized carbons (Fsp3) is 0.909. The Labute approximate surface area is 84.8 Å². The van der Waals surface area contributed by atoms with Gasteiger partial charge in [0.1, 0.15) is 0 Å². The number of hydrogen-bond donors (Lipinski definition) is 0. The fourth-order valence-electron chi connectivity index (χ4n) is 3.10. The molecule has 3 nitrogen and oxygen atoms in total. The largest absolute Gasteiger partial charge is 0.469 e. The SMILES string of the molecule is COC(=O)C1CC2CCC1(OC)CC2. The molecule has 0 spiro atoms. The number of carbonyl (C=O) groups excluding carboxylic acids is 1. The van der Waals surface area contributed by atoms with Crippen molar-refractivity contribution in [2.45, 2.75) is 37.7 Å². The number of methoxy groups -OCH3 is 2. The van der Waals surface area contributed by atoms with E-state index in [4.69, 9.17) is 9.47 Å². The van der Waals surface area contributed by atoms with E-state index < -0.39 is 0 Å². The number of hydrogen-bond acceptors (Lipinski definition) is 3. The summed E-state index contributed by atoms with van der Waals surface area (Å²) < 4.78 is 10.5. The Balaban J connectivity index is 2.19. The third-order valence-corrected chi connectivity index (χ3v) is 4.05. The van der Waals surface area contributed by atoms with Crippen LogP contribution in [0.1, 0.15) is 32.1 Å². The molecule has 3 aliphatic carbocycles. The molecule has 0 aliphatic heterocycles. The lowest BCUT2D eigenvalue weighted by molar-refractivity contribution is -0.176. The Morgan fingerprint density at radius 2 is 1.93 bits per heavy atom. The molecule has 3 fully saturated rings. The number of esters is 1. The number of ether oxygens (including phenoxy) is 2. The molecule has 0 radical (unpaired) electrons. The van der Waals surface area contributed by atoms with Crippen molar-refractivity contribution >= 4 is 5.97 Å². The van der Waals surface area contributed by atoms with E-state index in [-0.39, 0.29) is 17.5 Å². The molecule has 80 valence electrons. The minimum Gasteiger partial charge on any atom is -0.469 e. The first-order valence-corrected chi connectivity index (χ1v) is 5.35. The van der Waals surface area contributed by atoms with Crippen molar-refractivity contribution in [3.05, 3.63) is 0 Å². The van der Waals surface area contributed by atoms with Crippen molar-refractivity contribution in [3.63, 3.8) is 0 Å². The van der Waals surface area contributed by atoms with Gasteiger partial charge >= 0.3 is 5.97 Å². The van der Waals surface area contributed by atoms with Gasteiger partial charge in [-0.15, -0.1) is 0 Å². The van der Waals surface area contributed by atoms with E-state index in [2.05, 4.69) is 0 Å². The summed E-state index contributed by atoms with van der Waals surface area (Å²) in [5, 5.41) is 0. The highest BCUT2D eigenvalue weighted by molar-refractivity contribution is 5.74. The van der Waals surface area contributed by atoms with Crippen LogP contribution in [0, 0.1) is 11.8 Å². The molecule has 0 heterocycles. The van der Waals surface area contributed by atoms with Gasteiger partial charge in [0.15, 0.2) is 0 Å². The molecule has 0 amide bonds. The third kappa shape index (κ3) is 1.34. The summed E-state index contributed by atoms with van der Waals surface area (Å²) in [4.78, 5) is 11.6. The van der Waals surface area contributed by atoms with Crippen LogP contribution in [0.25, 0.3) is 0 Å². The quantitative estimate of drug-likeness (QED) is 0.634. The molecule has 14 heavy (non-hydrogen) atoms. The van der Waals surface area contributed by atoms with Gasteiger partial charge in [-0.1, -0.05) is 0 Å². The van der Waals surface area contributed by atoms with Crippen LogP contribution in [0.5, 0.6) is 0 Å². The van der Waals surface area contributed by atoms with Crippen LogP contribution >= 0.6 is 0 Å². The molecule has 2 bridgehead atoms. The van der Waals surface area contributed by atoms with Gasteiger partial charge in [-0.2, -0.15) is 0 Å². The van der Waals surface area contributed by atoms with Crippen molar-refractivity contribution in [2.75, 3.05) is 14.2 Å². The lowest BCUT2D eigenvalue weighted by atomic mass is 9.61. The molecule has 0 aromatic heterocycles. The Hall–Kier alpha value is -0.570. The second-order valence-corrected chi connectivity index (χ2v) is 4.52. The first kappa shape index (κ1) is 9.97. The van der Waals surface area contributed by atoms with Crippen LogP contribution in [0.4, 0.5) is 0 Å². The predicted molar refractivity (Wildman–Crippen MR) is 51.8 cm³/mol. The highest BCUT2D eigenvalue weighted by atomic mass is 16.5. The standard InChI is InChI=1S/C11H18O3/c1-13-10(12)9-7-8-3-5-11(9,14-2)6-4-8/h8-9H,3-7H2,1-2H3. The van der Waals surface area contributed by atoms with Crippen molar-refractivity contribution in [1.29, 1.82) is 0 Å². The highest BCUT2D eigenvalue weighted by Crippen LogP contribution is 2.50. The summed E-state index contributed by atoms with van der Waals surface area (Å²) in [6, 6.07) is 0. The molecular formula is C11H18O3. The van der Waals surface area contributed by atoms with Gasteiger partial charge in [0.05, 0.1) is 18.6 Å². The summed E-state index contributed by atoms with van der Waals surface area (Å²) in [7, 11) is 3.19. The van der Waals surface area contributed by atoms with E-state index in [0.29, 0.717) is 0 Å². The van der Waals surface area contributed by atoms with Gasteiger partial charge in [0.25, 0.3) is 0 Å². The zero-order valence-corrected chi connectivity index (χ0v) is 8.91. The maximum atomic E-state index is 11.6. The summed E-state index contributed by atoms with van der Waals surface area (Å²) in [5.74, 6) is 0.609. The van der Waals surface area contributed by atoms with E-state index in [1.165, 1.54) is 20.0 Å². The fourth-order valence-corrected chi connectivity index (χ4v) is 3.10. The molecule has 0 N–H and O–H groups in total. The first-order valence-electron chi connectivity index (χ1n) is 5.35. The lowest BCUT2D eigenvalue weighted by Gasteiger charge is -2.49. The average Bonchev–Trinajstić information content (AvgIpc) is 2.29. The number of rotatable bonds is 2. The molecule has 0 aromatic carbocycles. The second-order valence-electron chi connectivity index (χ2n) is 4.52. The van der Waals surface area contributed by atoms with Crippen LogP contribution in [0.3, 0.4) is 0 Å². The maximum absolute atomic E-state index is 11.6. The highest BCUT2D eigenvalue weighted by Gasteiger charge is 2.51. The molecule has 3 aliphatic rings. The van der Waals surface area contributed by atoms with Crippen LogP contribution < -0.4 is 0 Å². The van der Waals surface area contributed by atoms with Crippen LogP contribution in [0.15, 0.2) is 0 Å². The van der Waals surface area contributed by atoms with Crippen molar-refractivity contribution < 1.29 is 14.3 Å². The Morgan fingerprint density at radius 1 is 1.29 bits per heavy atom. The van der Waals surface area contributed by atoms with Gasteiger partial charge in [-0.25, -0.2) is 0 Å². The van der Waals surface area contributed by atoms with Crippen molar-refractivity contribution in [1.82, 2.24) is 0 Å². The zero-order chi connectivity index (χ0) is 10.2. The van der Waals surface area contributed by atoms with Crippen molar-refractivity contribution in [2.24, 2.45) is 11.8 Å². The van der Waals surface area contributed by atoms with E-state index in [9.17, 15) is 4.79 Å². The van der Waals surface area contributed by atoms with Gasteiger partial charge in [-0.3, -0.25) is 4.79 Å². The lowest BCUT2D eigenvalue weighted by Crippen LogP contribution is -2.52. The molecule has 0 saturated heterocycles. The minimum atomic E-state index is -0.207. The summed E-state index contributed by atoms with van der Waals surface area (Å²) in [5.41, 5.74) is -0.207. The maximum Gasteiger partial charge on any atom is 0.311 e. The Bertz CT molecular complexity index is 229. The van der Waals surface area contributed by atoms with Crippen molar-refractivity contribution in [3.8, 4) is 0 Å². The van der Waals surface area contributed by atoms with Crippen LogP contribution in [-0.2, 0) is 14.3 Å². The third-order valence-electron chi connectivity index (χ3n) is 4.05. The number of carbonyl (C=O) groups is 1. The van der Waals surface area contributed by atoms with Gasteiger partial charge < -0.3 is 9.47 Å². The normalized spacial score (nSPS) is 41.0. The smallest absolute Gasteiger partial charge is 0.311 e. The second kappa shape index (κ2) is 3.54. The average molecular weight is 198 g/mol. The zero-order valence-electron chi connectivity index (χ0n) is 8.91. The van der Waals surface area contributed by atoms with E-state index in [1.54, 1.807) is 7.11 Å². The molecule has 0 aromatic rings. The monoisotopic (exact) mass is 198 g/mol. The summed E-state index contributed by atoms with van der Waals surface area (Å²) in [6.07, 6.45) is 5.42. The minimum absolute atomic E-state index is 0.0231. The molecule has 3 rings (SSSR count). The Morgan fingerprint density at radius 3 is 2.43 bits per heavy atom. The van der Waals surface area contributed by atoms with Crippen LogP contribution in [-0.4, -0.2) is 25.8 Å². The molecule has 3 saturated carbocycles. The molecule has 1 atom stereocenters. The molecular weight excluding hydrogens is 180 g/mol. The summed E-state index contributed by atoms with van der Waals surface area (Å²) in [6.45, 7) is 0. The first-order chi connectivity index (χ1) is 6.72. The molecule has 3 heteroatoms. The van der Waals surface area contributed by atoms with E-state index in [1.807, 2.05) is 0 Å². The molecule has 1 unspecified atom stereocenters. The van der Waals surface area contributed by atoms with Gasteiger partial charge in [0.2, 0.25) is 0 Å². The Kier molecular flexibility index (Phi) is 2.52.